The second-order valence-corrected chi connectivity index (χ2v) is 5.86. The first-order valence-electron chi connectivity index (χ1n) is 6.14. The molecule has 1 N–H and O–H groups in total. The second-order valence-electron chi connectivity index (χ2n) is 5.86. The predicted molar refractivity (Wildman–Crippen MR) is 61.4 cm³/mol. The Kier molecular flexibility index (Phi) is 3.32. The van der Waals surface area contributed by atoms with Gasteiger partial charge in [-0.25, -0.2) is 4.79 Å². The van der Waals surface area contributed by atoms with Gasteiger partial charge in [0.1, 0.15) is 5.60 Å². The van der Waals surface area contributed by atoms with Crippen LogP contribution >= 0.6 is 0 Å². The average Bonchev–Trinajstić information content (AvgIpc) is 2.57. The topological polar surface area (TPSA) is 59.0 Å². The maximum atomic E-state index is 11.9. The highest BCUT2D eigenvalue weighted by Crippen LogP contribution is 2.33. The lowest BCUT2D eigenvalue weighted by molar-refractivity contribution is -0.0862. The zero-order valence-electron chi connectivity index (χ0n) is 10.7. The van der Waals surface area contributed by atoms with Gasteiger partial charge in [0.25, 0.3) is 0 Å². The number of nitrogens with zero attached hydrogens (tertiary/aromatic N) is 1. The van der Waals surface area contributed by atoms with Crippen molar-refractivity contribution in [1.82, 2.24) is 4.90 Å². The Balaban J connectivity index is 1.91. The van der Waals surface area contributed by atoms with Gasteiger partial charge in [-0.05, 0) is 27.2 Å². The van der Waals surface area contributed by atoms with Crippen molar-refractivity contribution in [3.8, 4) is 0 Å². The molecule has 5 heteroatoms. The van der Waals surface area contributed by atoms with Crippen molar-refractivity contribution in [3.05, 3.63) is 0 Å². The fraction of sp³-hybridized carbons (Fsp3) is 0.917. The van der Waals surface area contributed by atoms with E-state index in [9.17, 15) is 9.90 Å². The maximum Gasteiger partial charge on any atom is 0.410 e. The van der Waals surface area contributed by atoms with E-state index in [0.29, 0.717) is 19.7 Å². The summed E-state index contributed by atoms with van der Waals surface area (Å²) in [5.74, 6) is 0.417. The highest BCUT2D eigenvalue weighted by molar-refractivity contribution is 5.68. The van der Waals surface area contributed by atoms with E-state index in [4.69, 9.17) is 9.47 Å². The molecule has 2 aliphatic heterocycles. The van der Waals surface area contributed by atoms with Crippen LogP contribution in [0.5, 0.6) is 0 Å². The number of carbonyl (C=O) groups is 1. The molecule has 3 unspecified atom stereocenters. The zero-order valence-corrected chi connectivity index (χ0v) is 10.7. The lowest BCUT2D eigenvalue weighted by Crippen LogP contribution is -2.46. The van der Waals surface area contributed by atoms with Gasteiger partial charge in [0.15, 0.2) is 6.29 Å². The van der Waals surface area contributed by atoms with E-state index in [1.807, 2.05) is 20.8 Å². The molecule has 3 atom stereocenters. The van der Waals surface area contributed by atoms with E-state index in [1.54, 1.807) is 4.90 Å². The zero-order chi connectivity index (χ0) is 12.6. The molecule has 2 saturated heterocycles. The molecule has 0 bridgehead atoms. The highest BCUT2D eigenvalue weighted by atomic mass is 16.6. The summed E-state index contributed by atoms with van der Waals surface area (Å²) in [4.78, 5) is 13.6. The quantitative estimate of drug-likeness (QED) is 0.694. The molecule has 0 aromatic heterocycles. The number of aliphatic hydroxyl groups is 1. The first-order chi connectivity index (χ1) is 7.87. The smallest absolute Gasteiger partial charge is 0.410 e. The molecule has 98 valence electrons. The van der Waals surface area contributed by atoms with E-state index in [2.05, 4.69) is 0 Å². The van der Waals surface area contributed by atoms with E-state index in [0.717, 1.165) is 6.42 Å². The number of hydrogen-bond donors (Lipinski definition) is 1. The number of likely N-dealkylation sites (tertiary alicyclic amines) is 1. The van der Waals surface area contributed by atoms with Crippen LogP contribution in [-0.4, -0.2) is 47.7 Å². The van der Waals surface area contributed by atoms with E-state index in [1.165, 1.54) is 0 Å². The van der Waals surface area contributed by atoms with Crippen LogP contribution in [0.3, 0.4) is 0 Å². The van der Waals surface area contributed by atoms with Crippen molar-refractivity contribution in [2.24, 2.45) is 11.8 Å². The normalized spacial score (nSPS) is 33.4. The van der Waals surface area contributed by atoms with E-state index in [-0.39, 0.29) is 17.9 Å². The summed E-state index contributed by atoms with van der Waals surface area (Å²) in [7, 11) is 0. The van der Waals surface area contributed by atoms with Crippen LogP contribution in [0.2, 0.25) is 0 Å². The third-order valence-corrected chi connectivity index (χ3v) is 3.29. The highest BCUT2D eigenvalue weighted by Gasteiger charge is 2.41. The lowest BCUT2D eigenvalue weighted by Gasteiger charge is -2.35. The number of hydrogen-bond acceptors (Lipinski definition) is 4. The molecule has 17 heavy (non-hydrogen) atoms. The Labute approximate surface area is 102 Å². The predicted octanol–water partition coefficient (Wildman–Crippen LogP) is 1.21. The summed E-state index contributed by atoms with van der Waals surface area (Å²) < 4.78 is 10.5. The number of aliphatic hydroxyl groups excluding tert-OH is 1. The first kappa shape index (κ1) is 12.6. The van der Waals surface area contributed by atoms with Crippen molar-refractivity contribution in [3.63, 3.8) is 0 Å². The Bertz CT molecular complexity index is 299. The van der Waals surface area contributed by atoms with Gasteiger partial charge in [0.05, 0.1) is 6.61 Å². The third kappa shape index (κ3) is 2.90. The van der Waals surface area contributed by atoms with Crippen molar-refractivity contribution in [2.75, 3.05) is 19.7 Å². The lowest BCUT2D eigenvalue weighted by atomic mass is 9.88. The van der Waals surface area contributed by atoms with Gasteiger partial charge in [0.2, 0.25) is 0 Å². The standard InChI is InChI=1S/C12H21NO4/c1-12(2,3)17-11(15)13-5-4-9-8(6-13)7-16-10(9)14/h8-10,14H,4-7H2,1-3H3. The summed E-state index contributed by atoms with van der Waals surface area (Å²) in [6.07, 6.45) is -0.136. The second kappa shape index (κ2) is 4.46. The van der Waals surface area contributed by atoms with Gasteiger partial charge in [0, 0.05) is 24.9 Å². The molecule has 0 aromatic carbocycles. The van der Waals surface area contributed by atoms with Crippen molar-refractivity contribution in [2.45, 2.75) is 39.1 Å². The Morgan fingerprint density at radius 3 is 2.82 bits per heavy atom. The molecule has 0 aromatic rings. The van der Waals surface area contributed by atoms with E-state index < -0.39 is 11.9 Å². The van der Waals surface area contributed by atoms with Gasteiger partial charge in [-0.15, -0.1) is 0 Å². The summed E-state index contributed by atoms with van der Waals surface area (Å²) in [5.41, 5.74) is -0.459. The van der Waals surface area contributed by atoms with Crippen molar-refractivity contribution in [1.29, 1.82) is 0 Å². The molecule has 0 aliphatic carbocycles. The van der Waals surface area contributed by atoms with Gasteiger partial charge >= 0.3 is 6.09 Å². The van der Waals surface area contributed by atoms with Gasteiger partial charge in [-0.1, -0.05) is 0 Å². The number of piperidine rings is 1. The largest absolute Gasteiger partial charge is 0.444 e. The summed E-state index contributed by atoms with van der Waals surface area (Å²) >= 11 is 0. The Morgan fingerprint density at radius 2 is 2.18 bits per heavy atom. The first-order valence-corrected chi connectivity index (χ1v) is 6.14. The third-order valence-electron chi connectivity index (χ3n) is 3.29. The molecule has 2 aliphatic rings. The van der Waals surface area contributed by atoms with Crippen molar-refractivity contribution >= 4 is 6.09 Å². The monoisotopic (exact) mass is 243 g/mol. The van der Waals surface area contributed by atoms with Gasteiger partial charge < -0.3 is 19.5 Å². The molecule has 0 saturated carbocycles. The Morgan fingerprint density at radius 1 is 1.47 bits per heavy atom. The van der Waals surface area contributed by atoms with Crippen LogP contribution in [0.25, 0.3) is 0 Å². The van der Waals surface area contributed by atoms with Crippen LogP contribution < -0.4 is 0 Å². The van der Waals surface area contributed by atoms with Gasteiger partial charge in [-0.2, -0.15) is 0 Å². The van der Waals surface area contributed by atoms with Crippen LogP contribution in [0.15, 0.2) is 0 Å². The minimum atomic E-state index is -0.652. The van der Waals surface area contributed by atoms with Crippen LogP contribution in [0.1, 0.15) is 27.2 Å². The molecular formula is C12H21NO4. The van der Waals surface area contributed by atoms with Crippen LogP contribution in [0, 0.1) is 11.8 Å². The number of carbonyl (C=O) groups excluding carboxylic acids is 1. The minimum Gasteiger partial charge on any atom is -0.444 e. The Hall–Kier alpha value is -0.810. The van der Waals surface area contributed by atoms with Crippen LogP contribution in [0.4, 0.5) is 4.79 Å². The SMILES string of the molecule is CC(C)(C)OC(=O)N1CCC2C(COC2O)C1. The maximum absolute atomic E-state index is 11.9. The molecular weight excluding hydrogens is 222 g/mol. The number of rotatable bonds is 0. The molecule has 0 spiro atoms. The summed E-state index contributed by atoms with van der Waals surface area (Å²) in [6.45, 7) is 7.37. The van der Waals surface area contributed by atoms with Crippen LogP contribution in [-0.2, 0) is 9.47 Å². The number of amides is 1. The van der Waals surface area contributed by atoms with E-state index >= 15 is 0 Å². The average molecular weight is 243 g/mol. The molecule has 1 amide bonds. The summed E-state index contributed by atoms with van der Waals surface area (Å²) in [6, 6.07) is 0. The molecule has 0 radical (unpaired) electrons. The number of fused-ring (bicyclic) bond motifs is 1. The molecule has 5 nitrogen and oxygen atoms in total. The molecule has 2 fully saturated rings. The van der Waals surface area contributed by atoms with Gasteiger partial charge in [-0.3, -0.25) is 0 Å². The fourth-order valence-corrected chi connectivity index (χ4v) is 2.44. The molecule has 2 rings (SSSR count). The fourth-order valence-electron chi connectivity index (χ4n) is 2.44. The molecule has 2 heterocycles. The van der Waals surface area contributed by atoms with Crippen molar-refractivity contribution < 1.29 is 19.4 Å². The number of ether oxygens (including phenoxy) is 2. The summed E-state index contributed by atoms with van der Waals surface area (Å²) in [5, 5.41) is 9.58. The minimum absolute atomic E-state index is 0.175.